The maximum Gasteiger partial charge on any atom is 0.128 e. The van der Waals surface area contributed by atoms with Crippen molar-refractivity contribution in [3.05, 3.63) is 144 Å². The number of carbonyl (C=O) groups is 4. The first-order valence-electron chi connectivity index (χ1n) is 20.8. The number of aromatic amines is 2. The van der Waals surface area contributed by atoms with E-state index in [9.17, 15) is 39.6 Å². The van der Waals surface area contributed by atoms with Gasteiger partial charge in [-0.2, -0.15) is 0 Å². The van der Waals surface area contributed by atoms with E-state index in [1.807, 2.05) is 48.6 Å². The number of nitrogens with zero attached hydrogens (tertiary/aromatic N) is 2. The Bertz CT molecular complexity index is 2900. The Balaban J connectivity index is 1.34. The third-order valence-electron chi connectivity index (χ3n) is 10.8. The molecule has 7 aromatic rings. The lowest BCUT2D eigenvalue weighted by molar-refractivity contribution is -0.308. The van der Waals surface area contributed by atoms with Gasteiger partial charge in [-0.3, -0.25) is 0 Å². The monoisotopic (exact) mass is 906 g/mol. The van der Waals surface area contributed by atoms with E-state index >= 15 is 0 Å². The van der Waals surface area contributed by atoms with Gasteiger partial charge in [0.05, 0.1) is 46.7 Å². The molecule has 0 saturated carbocycles. The molecular formula is C52H34N4O12-4. The lowest BCUT2D eigenvalue weighted by atomic mass is 10.0. The molecule has 0 spiro atoms. The maximum absolute atomic E-state index is 11.2. The molecule has 0 amide bonds. The molecule has 16 heteroatoms. The number of fused-ring (bicyclic) bond motifs is 8. The summed E-state index contributed by atoms with van der Waals surface area (Å²) in [7, 11) is 0. The quantitative estimate of drug-likeness (QED) is 0.140. The molecule has 0 fully saturated rings. The molecule has 0 saturated heterocycles. The Labute approximate surface area is 385 Å². The first kappa shape index (κ1) is 43.8. The number of hydrogen-bond donors (Lipinski definition) is 2. The van der Waals surface area contributed by atoms with Crippen LogP contribution in [0.3, 0.4) is 0 Å². The van der Waals surface area contributed by atoms with E-state index in [-0.39, 0.29) is 0 Å². The Morgan fingerprint density at radius 1 is 0.338 bits per heavy atom. The van der Waals surface area contributed by atoms with Gasteiger partial charge in [0, 0.05) is 44.3 Å². The standard InChI is InChI=1S/C52H38N4O12/c57-45(58)25-65-33-9-1-29(2-10-33)49-37-17-19-39(53-37)50(30-3-11-34(12-4-30)66-26-46(59)60)41-21-23-43(55-41)52(32-7-15-36(16-8-32)68-28-48(63)64)44-24-22-42(56-44)51(40-20-18-38(49)54-40)31-5-13-35(14-6-31)67-27-47(61)62/h1-24,53,56H,25-28H2,(H,57,58)(H,59,60)(H,61,62)(H,63,64)/p-4. The van der Waals surface area contributed by atoms with Gasteiger partial charge in [0.25, 0.3) is 0 Å². The summed E-state index contributed by atoms with van der Waals surface area (Å²) < 4.78 is 21.5. The summed E-state index contributed by atoms with van der Waals surface area (Å²) in [6.45, 7) is -2.50. The molecule has 2 N–H and O–H groups in total. The second-order valence-electron chi connectivity index (χ2n) is 15.2. The van der Waals surface area contributed by atoms with Gasteiger partial charge < -0.3 is 68.5 Å². The first-order valence-corrected chi connectivity index (χ1v) is 20.8. The van der Waals surface area contributed by atoms with Gasteiger partial charge in [0.1, 0.15) is 49.4 Å². The van der Waals surface area contributed by atoms with Crippen molar-refractivity contribution in [1.82, 2.24) is 19.9 Å². The minimum Gasteiger partial charge on any atom is -0.546 e. The lowest BCUT2D eigenvalue weighted by Gasteiger charge is -2.10. The zero-order valence-corrected chi connectivity index (χ0v) is 35.5. The first-order chi connectivity index (χ1) is 32.9. The van der Waals surface area contributed by atoms with Crippen LogP contribution in [0.1, 0.15) is 22.8 Å². The van der Waals surface area contributed by atoms with Crippen molar-refractivity contribution < 1.29 is 58.6 Å². The highest BCUT2D eigenvalue weighted by Crippen LogP contribution is 2.39. The zero-order chi connectivity index (χ0) is 47.3. The summed E-state index contributed by atoms with van der Waals surface area (Å²) in [5, 5.41) is 44.6. The van der Waals surface area contributed by atoms with Gasteiger partial charge in [-0.25, -0.2) is 9.97 Å². The van der Waals surface area contributed by atoms with Crippen LogP contribution in [0.25, 0.3) is 90.9 Å². The average Bonchev–Trinajstić information content (AvgIpc) is 4.19. The van der Waals surface area contributed by atoms with Crippen molar-refractivity contribution in [3.63, 3.8) is 0 Å². The maximum atomic E-state index is 11.2. The van der Waals surface area contributed by atoms with Gasteiger partial charge in [0.2, 0.25) is 0 Å². The number of aliphatic carboxylic acids is 4. The minimum absolute atomic E-state index is 0.317. The summed E-state index contributed by atoms with van der Waals surface area (Å²) in [6, 6.07) is 35.2. The van der Waals surface area contributed by atoms with E-state index in [0.717, 1.165) is 0 Å². The van der Waals surface area contributed by atoms with Crippen LogP contribution in [-0.4, -0.2) is 70.2 Å². The topological polar surface area (TPSA) is 255 Å². The molecule has 8 bridgehead atoms. The van der Waals surface area contributed by atoms with E-state index in [0.29, 0.717) is 112 Å². The SMILES string of the molecule is O=C([O-])COc1ccc(-c2c3nc(c(-c4ccc(OCC(=O)[O-])cc4)c4ccc([nH]4)c(-c4ccc(OCC(=O)[O-])cc4)c4nc(c(-c5ccc(OCC(=O)[O-])cc5)c5ccc2[nH]5)C=C4)C=C3)cc1. The van der Waals surface area contributed by atoms with E-state index < -0.39 is 50.3 Å². The number of carboxylic acids is 4. The molecule has 0 atom stereocenters. The number of ether oxygens (including phenoxy) is 4. The van der Waals surface area contributed by atoms with E-state index in [4.69, 9.17) is 28.9 Å². The number of H-pyrrole nitrogens is 2. The number of carbonyl (C=O) groups excluding carboxylic acids is 4. The van der Waals surface area contributed by atoms with Crippen molar-refractivity contribution in [2.24, 2.45) is 0 Å². The highest BCUT2D eigenvalue weighted by atomic mass is 16.5. The molecule has 338 valence electrons. The van der Waals surface area contributed by atoms with E-state index in [2.05, 4.69) is 9.97 Å². The summed E-state index contributed by atoms with van der Waals surface area (Å²) >= 11 is 0. The van der Waals surface area contributed by atoms with E-state index in [1.54, 1.807) is 97.1 Å². The van der Waals surface area contributed by atoms with Gasteiger partial charge in [-0.15, -0.1) is 0 Å². The summed E-state index contributed by atoms with van der Waals surface area (Å²) in [5.74, 6) is -4.18. The average molecular weight is 907 g/mol. The molecule has 0 radical (unpaired) electrons. The predicted molar refractivity (Wildman–Crippen MR) is 243 cm³/mol. The highest BCUT2D eigenvalue weighted by Gasteiger charge is 2.20. The fraction of sp³-hybridized carbons (Fsp3) is 0.0769. The van der Waals surface area contributed by atoms with Crippen LogP contribution in [0, 0.1) is 0 Å². The molecule has 2 aliphatic rings. The van der Waals surface area contributed by atoms with Crippen molar-refractivity contribution in [1.29, 1.82) is 0 Å². The second-order valence-corrected chi connectivity index (χ2v) is 15.2. The molecule has 4 aromatic carbocycles. The fourth-order valence-electron chi connectivity index (χ4n) is 7.86. The van der Waals surface area contributed by atoms with Gasteiger partial charge >= 0.3 is 0 Å². The van der Waals surface area contributed by atoms with Crippen molar-refractivity contribution >= 4 is 70.2 Å². The minimum atomic E-state index is -1.36. The molecule has 68 heavy (non-hydrogen) atoms. The largest absolute Gasteiger partial charge is 0.546 e. The van der Waals surface area contributed by atoms with Crippen LogP contribution in [0.15, 0.2) is 121 Å². The number of rotatable bonds is 16. The normalized spacial score (nSPS) is 11.5. The molecule has 2 aliphatic heterocycles. The second kappa shape index (κ2) is 19.0. The molecule has 0 aliphatic carbocycles. The number of aromatic nitrogens is 4. The number of nitrogens with one attached hydrogen (secondary N) is 2. The summed E-state index contributed by atoms with van der Waals surface area (Å²) in [4.78, 5) is 62.3. The third-order valence-corrected chi connectivity index (χ3v) is 10.8. The van der Waals surface area contributed by atoms with Crippen LogP contribution >= 0.6 is 0 Å². The molecule has 5 heterocycles. The van der Waals surface area contributed by atoms with Crippen LogP contribution in [0.5, 0.6) is 23.0 Å². The van der Waals surface area contributed by atoms with Gasteiger partial charge in [0.15, 0.2) is 0 Å². The Kier molecular flexibility index (Phi) is 12.2. The number of hydrogen-bond acceptors (Lipinski definition) is 14. The molecule has 9 rings (SSSR count). The molecule has 16 nitrogen and oxygen atoms in total. The van der Waals surface area contributed by atoms with Crippen LogP contribution in [0.2, 0.25) is 0 Å². The Hall–Kier alpha value is -9.44. The van der Waals surface area contributed by atoms with Gasteiger partial charge in [-0.1, -0.05) is 48.5 Å². The van der Waals surface area contributed by atoms with Crippen molar-refractivity contribution in [2.45, 2.75) is 0 Å². The Morgan fingerprint density at radius 3 is 0.735 bits per heavy atom. The van der Waals surface area contributed by atoms with Crippen molar-refractivity contribution in [2.75, 3.05) is 26.4 Å². The zero-order valence-electron chi connectivity index (χ0n) is 35.5. The van der Waals surface area contributed by atoms with Crippen LogP contribution in [-0.2, 0) is 19.2 Å². The predicted octanol–water partition coefficient (Wildman–Crippen LogP) is 3.84. The number of carboxylic acid groups (broad SMARTS) is 4. The van der Waals surface area contributed by atoms with Crippen LogP contribution < -0.4 is 39.4 Å². The molecular weight excluding hydrogens is 873 g/mol. The van der Waals surface area contributed by atoms with Crippen LogP contribution in [0.4, 0.5) is 0 Å². The Morgan fingerprint density at radius 2 is 0.544 bits per heavy atom. The summed E-state index contributed by atoms with van der Waals surface area (Å²) in [6.07, 6.45) is 7.53. The number of benzene rings is 4. The molecule has 3 aromatic heterocycles. The summed E-state index contributed by atoms with van der Waals surface area (Å²) in [5.41, 5.74) is 10.5. The van der Waals surface area contributed by atoms with E-state index in [1.165, 1.54) is 0 Å². The lowest BCUT2D eigenvalue weighted by Crippen LogP contribution is -2.28. The smallest absolute Gasteiger partial charge is 0.128 e. The molecule has 0 unspecified atom stereocenters. The van der Waals surface area contributed by atoms with Gasteiger partial charge in [-0.05, 0) is 119 Å². The fourth-order valence-corrected chi connectivity index (χ4v) is 7.86. The van der Waals surface area contributed by atoms with Crippen molar-refractivity contribution in [3.8, 4) is 67.5 Å². The highest BCUT2D eigenvalue weighted by molar-refractivity contribution is 6.00. The third kappa shape index (κ3) is 9.64.